The van der Waals surface area contributed by atoms with Crippen LogP contribution in [0.15, 0.2) is 30.5 Å². The first-order valence-electron chi connectivity index (χ1n) is 5.71. The van der Waals surface area contributed by atoms with Gasteiger partial charge in [-0.05, 0) is 13.0 Å². The molecule has 0 spiro atoms. The van der Waals surface area contributed by atoms with Gasteiger partial charge in [-0.15, -0.1) is 0 Å². The minimum Gasteiger partial charge on any atom is -0.507 e. The monoisotopic (exact) mass is 228 g/mol. The summed E-state index contributed by atoms with van der Waals surface area (Å²) >= 11 is 0. The third-order valence-corrected chi connectivity index (χ3v) is 2.71. The average molecular weight is 228 g/mol. The van der Waals surface area contributed by atoms with Crippen LogP contribution < -0.4 is 0 Å². The Morgan fingerprint density at radius 2 is 1.82 bits per heavy atom. The van der Waals surface area contributed by atoms with E-state index in [4.69, 9.17) is 0 Å². The molecule has 1 N–H and O–H groups in total. The van der Waals surface area contributed by atoms with Crippen LogP contribution in [-0.2, 0) is 0 Å². The van der Waals surface area contributed by atoms with Gasteiger partial charge in [0.15, 0.2) is 0 Å². The smallest absolute Gasteiger partial charge is 0.131 e. The summed E-state index contributed by atoms with van der Waals surface area (Å²) < 4.78 is 0. The Labute approximate surface area is 101 Å². The van der Waals surface area contributed by atoms with Crippen LogP contribution in [0.2, 0.25) is 0 Å². The number of rotatable bonds is 2. The Balaban J connectivity index is 2.51. The molecule has 1 aromatic carbocycles. The van der Waals surface area contributed by atoms with Gasteiger partial charge in [-0.25, -0.2) is 9.97 Å². The molecule has 0 atom stereocenters. The summed E-state index contributed by atoms with van der Waals surface area (Å²) in [6.07, 6.45) is 1.78. The second kappa shape index (κ2) is 4.53. The Hall–Kier alpha value is -1.90. The van der Waals surface area contributed by atoms with Crippen molar-refractivity contribution in [1.82, 2.24) is 9.97 Å². The molecule has 3 heteroatoms. The first kappa shape index (κ1) is 11.6. The van der Waals surface area contributed by atoms with Gasteiger partial charge in [-0.1, -0.05) is 32.0 Å². The van der Waals surface area contributed by atoms with Gasteiger partial charge in [0.2, 0.25) is 0 Å². The van der Waals surface area contributed by atoms with Gasteiger partial charge in [0.05, 0.1) is 0 Å². The quantitative estimate of drug-likeness (QED) is 0.858. The number of aromatic nitrogens is 2. The summed E-state index contributed by atoms with van der Waals surface area (Å²) in [5, 5.41) is 9.81. The lowest BCUT2D eigenvalue weighted by molar-refractivity contribution is 0.477. The molecule has 0 aliphatic rings. The summed E-state index contributed by atoms with van der Waals surface area (Å²) in [5.74, 6) is 1.41. The molecule has 0 aliphatic heterocycles. The first-order chi connectivity index (χ1) is 8.09. The number of benzene rings is 1. The third-order valence-electron chi connectivity index (χ3n) is 2.71. The molecule has 0 radical (unpaired) electrons. The van der Waals surface area contributed by atoms with Crippen molar-refractivity contribution in [3.05, 3.63) is 42.0 Å². The number of hydrogen-bond donors (Lipinski definition) is 1. The van der Waals surface area contributed by atoms with Gasteiger partial charge >= 0.3 is 0 Å². The number of aromatic hydroxyl groups is 1. The molecular formula is C14H16N2O. The van der Waals surface area contributed by atoms with E-state index in [1.54, 1.807) is 18.3 Å². The highest BCUT2D eigenvalue weighted by atomic mass is 16.3. The topological polar surface area (TPSA) is 46.0 Å². The zero-order valence-electron chi connectivity index (χ0n) is 10.3. The van der Waals surface area contributed by atoms with Crippen molar-refractivity contribution in [3.63, 3.8) is 0 Å². The fourth-order valence-electron chi connectivity index (χ4n) is 1.73. The van der Waals surface area contributed by atoms with Crippen molar-refractivity contribution in [1.29, 1.82) is 0 Å². The number of aryl methyl sites for hydroxylation is 1. The molecule has 0 fully saturated rings. The molecule has 0 saturated heterocycles. The number of hydrogen-bond acceptors (Lipinski definition) is 3. The van der Waals surface area contributed by atoms with Crippen LogP contribution in [0.25, 0.3) is 11.1 Å². The lowest BCUT2D eigenvalue weighted by atomic mass is 10.0. The molecule has 0 aliphatic carbocycles. The van der Waals surface area contributed by atoms with Gasteiger partial charge in [-0.3, -0.25) is 0 Å². The highest BCUT2D eigenvalue weighted by molar-refractivity contribution is 5.70. The molecule has 1 aromatic heterocycles. The van der Waals surface area contributed by atoms with Crippen molar-refractivity contribution in [2.45, 2.75) is 26.7 Å². The molecule has 3 nitrogen and oxygen atoms in total. The minimum atomic E-state index is 0.261. The van der Waals surface area contributed by atoms with Crippen molar-refractivity contribution in [2.75, 3.05) is 0 Å². The van der Waals surface area contributed by atoms with E-state index in [1.807, 2.05) is 19.1 Å². The molecule has 0 amide bonds. The maximum atomic E-state index is 9.81. The summed E-state index contributed by atoms with van der Waals surface area (Å²) in [5.41, 5.74) is 2.55. The zero-order valence-corrected chi connectivity index (χ0v) is 10.3. The van der Waals surface area contributed by atoms with Gasteiger partial charge in [0.25, 0.3) is 0 Å². The maximum Gasteiger partial charge on any atom is 0.131 e. The molecule has 0 saturated carbocycles. The number of phenols is 1. The van der Waals surface area contributed by atoms with E-state index in [0.29, 0.717) is 5.92 Å². The Kier molecular flexibility index (Phi) is 3.09. The van der Waals surface area contributed by atoms with Crippen molar-refractivity contribution < 1.29 is 5.11 Å². The van der Waals surface area contributed by atoms with Crippen LogP contribution in [0.3, 0.4) is 0 Å². The number of para-hydroxylation sites is 1. The van der Waals surface area contributed by atoms with E-state index in [0.717, 1.165) is 22.6 Å². The molecule has 88 valence electrons. The fourth-order valence-corrected chi connectivity index (χ4v) is 1.73. The van der Waals surface area contributed by atoms with Gasteiger partial charge in [0.1, 0.15) is 11.6 Å². The van der Waals surface area contributed by atoms with E-state index < -0.39 is 0 Å². The zero-order chi connectivity index (χ0) is 12.4. The van der Waals surface area contributed by atoms with E-state index in [9.17, 15) is 5.11 Å². The Bertz CT molecular complexity index is 535. The first-order valence-corrected chi connectivity index (χ1v) is 5.71. The molecular weight excluding hydrogens is 212 g/mol. The molecule has 0 unspecified atom stereocenters. The highest BCUT2D eigenvalue weighted by Gasteiger charge is 2.10. The van der Waals surface area contributed by atoms with Gasteiger partial charge in [0, 0.05) is 28.9 Å². The summed E-state index contributed by atoms with van der Waals surface area (Å²) in [6, 6.07) is 7.24. The summed E-state index contributed by atoms with van der Waals surface area (Å²) in [6.45, 7) is 6.07. The van der Waals surface area contributed by atoms with Crippen LogP contribution in [0, 0.1) is 6.92 Å². The van der Waals surface area contributed by atoms with Crippen LogP contribution in [0.1, 0.15) is 31.3 Å². The second-order valence-corrected chi connectivity index (χ2v) is 4.40. The average Bonchev–Trinajstić information content (AvgIpc) is 2.30. The molecule has 17 heavy (non-hydrogen) atoms. The molecule has 1 heterocycles. The Morgan fingerprint density at radius 3 is 2.41 bits per heavy atom. The van der Waals surface area contributed by atoms with Crippen LogP contribution >= 0.6 is 0 Å². The van der Waals surface area contributed by atoms with Crippen LogP contribution in [0.4, 0.5) is 0 Å². The standard InChI is InChI=1S/C14H16N2O/c1-9(2)14-15-8-12(10(3)16-14)11-6-4-5-7-13(11)17/h4-9,17H,1-3H3. The van der Waals surface area contributed by atoms with Crippen molar-refractivity contribution in [2.24, 2.45) is 0 Å². The predicted molar refractivity (Wildman–Crippen MR) is 68.0 cm³/mol. The van der Waals surface area contributed by atoms with Crippen molar-refractivity contribution >= 4 is 0 Å². The normalized spacial score (nSPS) is 10.8. The maximum absolute atomic E-state index is 9.81. The number of nitrogens with zero attached hydrogens (tertiary/aromatic N) is 2. The van der Waals surface area contributed by atoms with Crippen LogP contribution in [-0.4, -0.2) is 15.1 Å². The van der Waals surface area contributed by atoms with Crippen LogP contribution in [0.5, 0.6) is 5.75 Å². The third kappa shape index (κ3) is 2.28. The van der Waals surface area contributed by atoms with Gasteiger partial charge < -0.3 is 5.11 Å². The summed E-state index contributed by atoms with van der Waals surface area (Å²) in [7, 11) is 0. The second-order valence-electron chi connectivity index (χ2n) is 4.40. The SMILES string of the molecule is Cc1nc(C(C)C)ncc1-c1ccccc1O. The lowest BCUT2D eigenvalue weighted by Crippen LogP contribution is -2.00. The van der Waals surface area contributed by atoms with E-state index >= 15 is 0 Å². The number of phenolic OH excluding ortho intramolecular Hbond substituents is 1. The van der Waals surface area contributed by atoms with E-state index in [-0.39, 0.29) is 5.75 Å². The van der Waals surface area contributed by atoms with Crippen molar-refractivity contribution in [3.8, 4) is 16.9 Å². The minimum absolute atomic E-state index is 0.261. The van der Waals surface area contributed by atoms with Gasteiger partial charge in [-0.2, -0.15) is 0 Å². The summed E-state index contributed by atoms with van der Waals surface area (Å²) in [4.78, 5) is 8.80. The fraction of sp³-hybridized carbons (Fsp3) is 0.286. The highest BCUT2D eigenvalue weighted by Crippen LogP contribution is 2.30. The molecule has 2 aromatic rings. The van der Waals surface area contributed by atoms with E-state index in [1.165, 1.54) is 0 Å². The lowest BCUT2D eigenvalue weighted by Gasteiger charge is -2.10. The van der Waals surface area contributed by atoms with E-state index in [2.05, 4.69) is 23.8 Å². The Morgan fingerprint density at radius 1 is 1.12 bits per heavy atom. The molecule has 0 bridgehead atoms. The largest absolute Gasteiger partial charge is 0.507 e. The predicted octanol–water partition coefficient (Wildman–Crippen LogP) is 3.28. The molecule has 2 rings (SSSR count).